The van der Waals surface area contributed by atoms with Crippen LogP contribution in [0.2, 0.25) is 0 Å². The number of nitrogens with zero attached hydrogens (tertiary/aromatic N) is 2. The fourth-order valence-corrected chi connectivity index (χ4v) is 2.35. The fourth-order valence-electron chi connectivity index (χ4n) is 2.35. The van der Waals surface area contributed by atoms with E-state index in [1.165, 1.54) is 12.1 Å². The summed E-state index contributed by atoms with van der Waals surface area (Å²) in [5, 5.41) is 8.76. The molecule has 1 atom stereocenters. The van der Waals surface area contributed by atoms with E-state index in [0.29, 0.717) is 0 Å². The lowest BCUT2D eigenvalue weighted by Gasteiger charge is -2.23. The summed E-state index contributed by atoms with van der Waals surface area (Å²) in [6.07, 6.45) is 0.903. The molecule has 0 spiro atoms. The maximum atomic E-state index is 13.1. The second-order valence-corrected chi connectivity index (χ2v) is 4.68. The van der Waals surface area contributed by atoms with Crippen molar-refractivity contribution in [1.29, 1.82) is 0 Å². The number of carboxylic acids is 1. The predicted octanol–water partition coefficient (Wildman–Crippen LogP) is 1.42. The average molecular weight is 252 g/mol. The summed E-state index contributed by atoms with van der Waals surface area (Å²) in [6, 6.07) is 6.72. The minimum Gasteiger partial charge on any atom is -0.480 e. The van der Waals surface area contributed by atoms with Crippen molar-refractivity contribution >= 4 is 11.7 Å². The Bertz CT molecular complexity index is 439. The molecule has 1 fully saturated rings. The number of hydrogen-bond donors (Lipinski definition) is 1. The smallest absolute Gasteiger partial charge is 0.317 e. The summed E-state index contributed by atoms with van der Waals surface area (Å²) in [5.41, 5.74) is 0.862. The number of carbonyl (C=O) groups is 1. The zero-order valence-corrected chi connectivity index (χ0v) is 10.3. The molecule has 1 aliphatic rings. The molecule has 1 aromatic rings. The Hall–Kier alpha value is -1.62. The molecule has 1 aromatic carbocycles. The van der Waals surface area contributed by atoms with E-state index in [2.05, 4.69) is 4.90 Å². The average Bonchev–Trinajstić information content (AvgIpc) is 2.77. The highest BCUT2D eigenvalue weighted by Crippen LogP contribution is 2.22. The third-order valence-electron chi connectivity index (χ3n) is 3.34. The molecule has 0 bridgehead atoms. The Morgan fingerprint density at radius 1 is 1.61 bits per heavy atom. The van der Waals surface area contributed by atoms with E-state index in [1.54, 1.807) is 6.07 Å². The van der Waals surface area contributed by atoms with Crippen molar-refractivity contribution in [3.05, 3.63) is 30.1 Å². The molecule has 4 nitrogen and oxygen atoms in total. The summed E-state index contributed by atoms with van der Waals surface area (Å²) >= 11 is 0. The van der Waals surface area contributed by atoms with Crippen LogP contribution in [0.5, 0.6) is 0 Å². The predicted molar refractivity (Wildman–Crippen MR) is 67.3 cm³/mol. The van der Waals surface area contributed by atoms with Crippen LogP contribution in [0.25, 0.3) is 0 Å². The van der Waals surface area contributed by atoms with E-state index in [4.69, 9.17) is 5.11 Å². The van der Waals surface area contributed by atoms with Gasteiger partial charge in [0.1, 0.15) is 5.82 Å². The van der Waals surface area contributed by atoms with Gasteiger partial charge in [-0.2, -0.15) is 0 Å². The molecule has 0 amide bonds. The lowest BCUT2D eigenvalue weighted by Crippen LogP contribution is -2.37. The molecule has 98 valence electrons. The fraction of sp³-hybridized carbons (Fsp3) is 0.462. The molecule has 1 aliphatic heterocycles. The number of carboxylic acid groups (broad SMARTS) is 1. The van der Waals surface area contributed by atoms with Gasteiger partial charge in [-0.25, -0.2) is 4.39 Å². The van der Waals surface area contributed by atoms with Gasteiger partial charge in [-0.1, -0.05) is 6.07 Å². The first-order valence-electron chi connectivity index (χ1n) is 5.99. The first-order valence-corrected chi connectivity index (χ1v) is 5.99. The van der Waals surface area contributed by atoms with Crippen molar-refractivity contribution in [2.75, 3.05) is 31.6 Å². The van der Waals surface area contributed by atoms with Crippen LogP contribution in [0, 0.1) is 5.82 Å². The third kappa shape index (κ3) is 2.98. The zero-order valence-electron chi connectivity index (χ0n) is 10.3. The van der Waals surface area contributed by atoms with Crippen molar-refractivity contribution in [1.82, 2.24) is 4.90 Å². The molecule has 18 heavy (non-hydrogen) atoms. The topological polar surface area (TPSA) is 43.8 Å². The quantitative estimate of drug-likeness (QED) is 0.880. The maximum Gasteiger partial charge on any atom is 0.317 e. The molecule has 0 saturated carbocycles. The third-order valence-corrected chi connectivity index (χ3v) is 3.34. The van der Waals surface area contributed by atoms with E-state index in [-0.39, 0.29) is 18.4 Å². The molecule has 5 heteroatoms. The van der Waals surface area contributed by atoms with Crippen LogP contribution in [-0.2, 0) is 4.79 Å². The second-order valence-electron chi connectivity index (χ2n) is 4.68. The van der Waals surface area contributed by atoms with E-state index >= 15 is 0 Å². The second kappa shape index (κ2) is 5.35. The lowest BCUT2D eigenvalue weighted by atomic mass is 10.2. The molecule has 1 heterocycles. The zero-order chi connectivity index (χ0) is 13.1. The molecule has 0 aromatic heterocycles. The van der Waals surface area contributed by atoms with Crippen LogP contribution in [-0.4, -0.2) is 48.7 Å². The van der Waals surface area contributed by atoms with E-state index in [9.17, 15) is 9.18 Å². The van der Waals surface area contributed by atoms with Crippen molar-refractivity contribution in [2.24, 2.45) is 0 Å². The molecular weight excluding hydrogens is 235 g/mol. The Morgan fingerprint density at radius 2 is 2.39 bits per heavy atom. The van der Waals surface area contributed by atoms with E-state index in [0.717, 1.165) is 25.2 Å². The van der Waals surface area contributed by atoms with Crippen molar-refractivity contribution in [2.45, 2.75) is 12.5 Å². The van der Waals surface area contributed by atoms with Gasteiger partial charge >= 0.3 is 5.97 Å². The highest BCUT2D eigenvalue weighted by Gasteiger charge is 2.26. The van der Waals surface area contributed by atoms with Crippen molar-refractivity contribution in [3.63, 3.8) is 0 Å². The summed E-state index contributed by atoms with van der Waals surface area (Å²) in [5.74, 6) is -1.06. The Kier molecular flexibility index (Phi) is 3.81. The molecule has 2 rings (SSSR count). The molecule has 1 N–H and O–H groups in total. The van der Waals surface area contributed by atoms with Gasteiger partial charge in [0, 0.05) is 24.8 Å². The summed E-state index contributed by atoms with van der Waals surface area (Å²) in [7, 11) is 1.81. The van der Waals surface area contributed by atoms with E-state index < -0.39 is 5.97 Å². The van der Waals surface area contributed by atoms with Crippen LogP contribution in [0.3, 0.4) is 0 Å². The first kappa shape index (κ1) is 12.8. The van der Waals surface area contributed by atoms with Gasteiger partial charge in [0.25, 0.3) is 0 Å². The highest BCUT2D eigenvalue weighted by atomic mass is 19.1. The van der Waals surface area contributed by atoms with Gasteiger partial charge in [0.05, 0.1) is 6.54 Å². The van der Waals surface area contributed by atoms with Gasteiger partial charge in [-0.05, 0) is 31.7 Å². The van der Waals surface area contributed by atoms with Crippen molar-refractivity contribution < 1.29 is 14.3 Å². The molecular formula is C13H17FN2O2. The summed E-state index contributed by atoms with van der Waals surface area (Å²) in [6.45, 7) is 1.62. The lowest BCUT2D eigenvalue weighted by molar-refractivity contribution is -0.138. The molecule has 0 aliphatic carbocycles. The number of rotatable bonds is 4. The van der Waals surface area contributed by atoms with Crippen LogP contribution < -0.4 is 4.90 Å². The summed E-state index contributed by atoms with van der Waals surface area (Å²) < 4.78 is 13.1. The summed E-state index contributed by atoms with van der Waals surface area (Å²) in [4.78, 5) is 14.6. The van der Waals surface area contributed by atoms with Crippen LogP contribution >= 0.6 is 0 Å². The van der Waals surface area contributed by atoms with Gasteiger partial charge < -0.3 is 10.0 Å². The highest BCUT2D eigenvalue weighted by molar-refractivity contribution is 5.69. The Balaban J connectivity index is 1.98. The van der Waals surface area contributed by atoms with Crippen LogP contribution in [0.1, 0.15) is 6.42 Å². The maximum absolute atomic E-state index is 13.1. The molecule has 0 radical (unpaired) electrons. The normalized spacial score (nSPS) is 19.5. The number of halogens is 1. The van der Waals surface area contributed by atoms with Crippen molar-refractivity contribution in [3.8, 4) is 0 Å². The minimum absolute atomic E-state index is 0.0433. The largest absolute Gasteiger partial charge is 0.480 e. The first-order chi connectivity index (χ1) is 8.56. The van der Waals surface area contributed by atoms with Crippen LogP contribution in [0.15, 0.2) is 24.3 Å². The number of aliphatic carboxylic acids is 1. The molecule has 1 saturated heterocycles. The number of likely N-dealkylation sites (N-methyl/N-ethyl adjacent to an activating group) is 1. The van der Waals surface area contributed by atoms with Crippen LogP contribution in [0.4, 0.5) is 10.1 Å². The van der Waals surface area contributed by atoms with Gasteiger partial charge in [0.2, 0.25) is 0 Å². The van der Waals surface area contributed by atoms with Gasteiger partial charge in [-0.15, -0.1) is 0 Å². The number of benzene rings is 1. The SMILES string of the molecule is CN(CC(=O)O)C1CCN(c2cccc(F)c2)C1. The monoisotopic (exact) mass is 252 g/mol. The number of hydrogen-bond acceptors (Lipinski definition) is 3. The Labute approximate surface area is 106 Å². The van der Waals surface area contributed by atoms with Gasteiger partial charge in [0.15, 0.2) is 0 Å². The number of anilines is 1. The molecule has 1 unspecified atom stereocenters. The minimum atomic E-state index is -0.818. The van der Waals surface area contributed by atoms with E-state index in [1.807, 2.05) is 18.0 Å². The standard InChI is InChI=1S/C13H17FN2O2/c1-15(9-13(17)18)12-5-6-16(8-12)11-4-2-3-10(14)7-11/h2-4,7,12H,5-6,8-9H2,1H3,(H,17,18). The Morgan fingerprint density at radius 3 is 3.06 bits per heavy atom. The van der Waals surface area contributed by atoms with Gasteiger partial charge in [-0.3, -0.25) is 9.69 Å².